The summed E-state index contributed by atoms with van der Waals surface area (Å²) in [5.74, 6) is 0.827. The lowest BCUT2D eigenvalue weighted by molar-refractivity contribution is 0.0462. The Balaban J connectivity index is 1.01. The SMILES string of the molecule is O=C(NCCOCCOCCNc1nc(NCCc2ccccc2)nc(Nc2ccc(C(=O)NCCOCCOCCN3CC3)cc2)n1)c1ccccc1. The molecule has 0 unspecified atom stereocenters. The van der Waals surface area contributed by atoms with Gasteiger partial charge in [0.1, 0.15) is 0 Å². The van der Waals surface area contributed by atoms with Crippen LogP contribution in [0.25, 0.3) is 0 Å². The largest absolute Gasteiger partial charge is 0.378 e. The van der Waals surface area contributed by atoms with E-state index in [9.17, 15) is 9.59 Å². The van der Waals surface area contributed by atoms with Crippen LogP contribution in [0, 0.1) is 0 Å². The summed E-state index contributed by atoms with van der Waals surface area (Å²) in [5, 5.41) is 15.4. The maximum Gasteiger partial charge on any atom is 0.251 e. The molecule has 0 atom stereocenters. The number of hydrogen-bond acceptors (Lipinski definition) is 13. The molecular formula is C39H51N9O6. The van der Waals surface area contributed by atoms with E-state index in [2.05, 4.69) is 58.6 Å². The maximum absolute atomic E-state index is 12.6. The van der Waals surface area contributed by atoms with Crippen molar-refractivity contribution < 1.29 is 28.5 Å². The first kappa shape index (κ1) is 40.0. The number of rotatable bonds is 27. The summed E-state index contributed by atoms with van der Waals surface area (Å²) < 4.78 is 22.4. The number of aromatic nitrogens is 3. The van der Waals surface area contributed by atoms with Crippen LogP contribution in [-0.2, 0) is 25.4 Å². The van der Waals surface area contributed by atoms with Crippen LogP contribution in [0.1, 0.15) is 26.3 Å². The molecule has 1 aliphatic rings. The smallest absolute Gasteiger partial charge is 0.251 e. The van der Waals surface area contributed by atoms with Gasteiger partial charge in [0.15, 0.2) is 0 Å². The predicted octanol–water partition coefficient (Wildman–Crippen LogP) is 3.22. The van der Waals surface area contributed by atoms with E-state index >= 15 is 0 Å². The van der Waals surface area contributed by atoms with E-state index in [0.717, 1.165) is 19.6 Å². The molecular weight excluding hydrogens is 690 g/mol. The lowest BCUT2D eigenvalue weighted by atomic mass is 10.1. The second-order valence-corrected chi connectivity index (χ2v) is 12.3. The van der Waals surface area contributed by atoms with Crippen LogP contribution in [0.15, 0.2) is 84.9 Å². The summed E-state index contributed by atoms with van der Waals surface area (Å²) >= 11 is 0. The number of benzene rings is 3. The maximum atomic E-state index is 12.6. The molecule has 1 fully saturated rings. The molecule has 5 N–H and O–H groups in total. The van der Waals surface area contributed by atoms with Crippen LogP contribution >= 0.6 is 0 Å². The average Bonchev–Trinajstić information content (AvgIpc) is 4.03. The summed E-state index contributed by atoms with van der Waals surface area (Å²) in [5.41, 5.74) is 3.06. The Labute approximate surface area is 316 Å². The third kappa shape index (κ3) is 15.8. The van der Waals surface area contributed by atoms with Gasteiger partial charge in [-0.15, -0.1) is 0 Å². The number of nitrogens with one attached hydrogen (secondary N) is 5. The molecule has 3 aromatic carbocycles. The molecule has 1 saturated heterocycles. The van der Waals surface area contributed by atoms with E-state index in [1.54, 1.807) is 36.4 Å². The topological polar surface area (TPSA) is 173 Å². The number of carbonyl (C=O) groups excluding carboxylic acids is 2. The zero-order valence-electron chi connectivity index (χ0n) is 30.6. The van der Waals surface area contributed by atoms with Crippen LogP contribution in [-0.4, -0.2) is 130 Å². The van der Waals surface area contributed by atoms with E-state index in [1.165, 1.54) is 18.7 Å². The van der Waals surface area contributed by atoms with E-state index in [4.69, 9.17) is 18.9 Å². The van der Waals surface area contributed by atoms with Gasteiger partial charge in [-0.3, -0.25) is 14.5 Å². The molecule has 0 spiro atoms. The van der Waals surface area contributed by atoms with Gasteiger partial charge in [-0.2, -0.15) is 15.0 Å². The van der Waals surface area contributed by atoms with Crippen LogP contribution < -0.4 is 26.6 Å². The van der Waals surface area contributed by atoms with Gasteiger partial charge in [0, 0.05) is 62.6 Å². The van der Waals surface area contributed by atoms with Crippen LogP contribution in [0.5, 0.6) is 0 Å². The third-order valence-corrected chi connectivity index (χ3v) is 8.04. The number of nitrogens with zero attached hydrogens (tertiary/aromatic N) is 4. The highest BCUT2D eigenvalue weighted by Crippen LogP contribution is 2.17. The molecule has 288 valence electrons. The van der Waals surface area contributed by atoms with Crippen LogP contribution in [0.4, 0.5) is 23.5 Å². The molecule has 2 heterocycles. The first-order valence-electron chi connectivity index (χ1n) is 18.4. The zero-order chi connectivity index (χ0) is 37.5. The normalized spacial score (nSPS) is 12.2. The lowest BCUT2D eigenvalue weighted by Gasteiger charge is -2.12. The van der Waals surface area contributed by atoms with Crippen molar-refractivity contribution in [1.29, 1.82) is 0 Å². The molecule has 0 bridgehead atoms. The molecule has 1 aliphatic heterocycles. The number of carbonyl (C=O) groups is 2. The molecule has 0 saturated carbocycles. The van der Waals surface area contributed by atoms with Gasteiger partial charge in [0.25, 0.3) is 11.8 Å². The number of hydrogen-bond donors (Lipinski definition) is 5. The number of amides is 2. The zero-order valence-corrected chi connectivity index (χ0v) is 30.6. The van der Waals surface area contributed by atoms with Crippen molar-refractivity contribution in [3.63, 3.8) is 0 Å². The highest BCUT2D eigenvalue weighted by atomic mass is 16.5. The van der Waals surface area contributed by atoms with Crippen molar-refractivity contribution in [2.45, 2.75) is 6.42 Å². The third-order valence-electron chi connectivity index (χ3n) is 8.04. The fourth-order valence-electron chi connectivity index (χ4n) is 5.02. The van der Waals surface area contributed by atoms with Crippen molar-refractivity contribution in [3.8, 4) is 0 Å². The molecule has 15 heteroatoms. The van der Waals surface area contributed by atoms with Gasteiger partial charge >= 0.3 is 0 Å². The summed E-state index contributed by atoms with van der Waals surface area (Å²) in [7, 11) is 0. The Morgan fingerprint density at radius 2 is 1.04 bits per heavy atom. The number of ether oxygens (including phenoxy) is 4. The van der Waals surface area contributed by atoms with Crippen molar-refractivity contribution in [1.82, 2.24) is 30.5 Å². The van der Waals surface area contributed by atoms with Crippen LogP contribution in [0.2, 0.25) is 0 Å². The molecule has 4 aromatic rings. The van der Waals surface area contributed by atoms with E-state index < -0.39 is 0 Å². The average molecular weight is 742 g/mol. The minimum Gasteiger partial charge on any atom is -0.378 e. The van der Waals surface area contributed by atoms with Gasteiger partial charge in [-0.25, -0.2) is 0 Å². The fourth-order valence-corrected chi connectivity index (χ4v) is 5.02. The first-order chi connectivity index (χ1) is 26.6. The van der Waals surface area contributed by atoms with Gasteiger partial charge in [0.2, 0.25) is 17.8 Å². The molecule has 0 aliphatic carbocycles. The fraction of sp³-hybridized carbons (Fsp3) is 0.410. The highest BCUT2D eigenvalue weighted by Gasteiger charge is 2.15. The summed E-state index contributed by atoms with van der Waals surface area (Å²) in [6.07, 6.45) is 0.802. The monoisotopic (exact) mass is 741 g/mol. The quantitative estimate of drug-likeness (QED) is 0.0446. The highest BCUT2D eigenvalue weighted by molar-refractivity contribution is 5.94. The first-order valence-corrected chi connectivity index (χ1v) is 18.4. The van der Waals surface area contributed by atoms with Crippen molar-refractivity contribution in [3.05, 3.63) is 102 Å². The summed E-state index contributed by atoms with van der Waals surface area (Å²) in [4.78, 5) is 40.7. The Bertz CT molecular complexity index is 1660. The second kappa shape index (κ2) is 23.5. The molecule has 1 aromatic heterocycles. The molecule has 5 rings (SSSR count). The molecule has 15 nitrogen and oxygen atoms in total. The van der Waals surface area contributed by atoms with Gasteiger partial charge in [-0.05, 0) is 48.4 Å². The minimum atomic E-state index is -0.183. The van der Waals surface area contributed by atoms with Crippen molar-refractivity contribution >= 4 is 35.3 Å². The van der Waals surface area contributed by atoms with E-state index in [1.807, 2.05) is 36.4 Å². The summed E-state index contributed by atoms with van der Waals surface area (Å²) in [6, 6.07) is 26.3. The van der Waals surface area contributed by atoms with E-state index in [-0.39, 0.29) is 11.8 Å². The van der Waals surface area contributed by atoms with Gasteiger partial charge in [0.05, 0.1) is 52.9 Å². The second-order valence-electron chi connectivity index (χ2n) is 12.3. The molecule has 54 heavy (non-hydrogen) atoms. The van der Waals surface area contributed by atoms with Crippen molar-refractivity contribution in [2.24, 2.45) is 0 Å². The number of anilines is 4. The Morgan fingerprint density at radius 3 is 1.63 bits per heavy atom. The van der Waals surface area contributed by atoms with E-state index in [0.29, 0.717) is 107 Å². The Kier molecular flexibility index (Phi) is 17.4. The Hall–Kier alpha value is -5.19. The van der Waals surface area contributed by atoms with Gasteiger partial charge in [-0.1, -0.05) is 48.5 Å². The predicted molar refractivity (Wildman–Crippen MR) is 208 cm³/mol. The molecule has 2 amide bonds. The minimum absolute atomic E-state index is 0.127. The summed E-state index contributed by atoms with van der Waals surface area (Å²) in [6.45, 7) is 9.01. The van der Waals surface area contributed by atoms with Crippen molar-refractivity contribution in [2.75, 3.05) is 115 Å². The lowest BCUT2D eigenvalue weighted by Crippen LogP contribution is -2.27. The standard InChI is InChI=1S/C39H51N9O6/c49-35(32-9-5-2-6-10-32)40-17-23-51-27-28-53-25-19-43-38-45-37(42-16-15-31-7-3-1-4-8-31)46-39(47-38)44-34-13-11-33(12-14-34)36(50)41-18-24-52-29-30-54-26-22-48-20-21-48/h1-14H,15-30H2,(H,40,49)(H,41,50)(H3,42,43,44,45,46,47). The Morgan fingerprint density at radius 1 is 0.537 bits per heavy atom. The molecule has 0 radical (unpaired) electrons. The van der Waals surface area contributed by atoms with Gasteiger partial charge < -0.3 is 45.5 Å². The van der Waals surface area contributed by atoms with Crippen LogP contribution in [0.3, 0.4) is 0 Å².